The number of ketones is 1. The van der Waals surface area contributed by atoms with Crippen molar-refractivity contribution in [2.45, 2.75) is 24.8 Å². The number of halogens is 2. The molecule has 7 nitrogen and oxygen atoms in total. The first-order valence-electron chi connectivity index (χ1n) is 9.49. The Morgan fingerprint density at radius 3 is 2.06 bits per heavy atom. The Hall–Kier alpha value is -3.52. The molecule has 9 heteroatoms. The zero-order chi connectivity index (χ0) is 23.5. The van der Waals surface area contributed by atoms with Crippen molar-refractivity contribution < 1.29 is 33.1 Å². The van der Waals surface area contributed by atoms with Crippen LogP contribution in [0.4, 0.5) is 4.39 Å². The Bertz CT molecular complexity index is 925. The quantitative estimate of drug-likeness (QED) is 0.126. The summed E-state index contributed by atoms with van der Waals surface area (Å²) in [4.78, 5) is 41.3. The highest BCUT2D eigenvalue weighted by Crippen LogP contribution is 2.26. The smallest absolute Gasteiger partial charge is 0.364 e. The summed E-state index contributed by atoms with van der Waals surface area (Å²) in [5.74, 6) is -3.57. The predicted molar refractivity (Wildman–Crippen MR) is 116 cm³/mol. The number of oxime groups is 1. The summed E-state index contributed by atoms with van der Waals surface area (Å²) in [5, 5.41) is 3.30. The van der Waals surface area contributed by atoms with Crippen molar-refractivity contribution in [3.8, 4) is 0 Å². The van der Waals surface area contributed by atoms with Gasteiger partial charge < -0.3 is 14.3 Å². The third kappa shape index (κ3) is 7.02. The second kappa shape index (κ2) is 12.4. The number of esters is 2. The third-order valence-corrected chi connectivity index (χ3v) is 4.23. The van der Waals surface area contributed by atoms with E-state index in [1.807, 2.05) is 12.1 Å². The Morgan fingerprint density at radius 2 is 1.59 bits per heavy atom. The van der Waals surface area contributed by atoms with Gasteiger partial charge in [-0.2, -0.15) is 0 Å². The molecule has 0 spiro atoms. The normalized spacial score (nSPS) is 13.1. The molecule has 2 aromatic rings. The number of ether oxygens (including phenoxy) is 2. The van der Waals surface area contributed by atoms with E-state index in [0.717, 1.165) is 0 Å². The number of hydrogen-bond donors (Lipinski definition) is 0. The zero-order valence-electron chi connectivity index (χ0n) is 17.1. The summed E-state index contributed by atoms with van der Waals surface area (Å²) in [5.41, 5.74) is -2.14. The van der Waals surface area contributed by atoms with Gasteiger partial charge in [0.25, 0.3) is 0 Å². The molecule has 0 aromatic heterocycles. The fourth-order valence-electron chi connectivity index (χ4n) is 2.46. The van der Waals surface area contributed by atoms with Gasteiger partial charge in [-0.05, 0) is 18.1 Å². The molecule has 0 radical (unpaired) electrons. The SMILES string of the molecule is C=CCOC(=O)/C(=N\O[C@@H](C)C(=O)OC(c1ccccc1)c1ccccc1)C(=O)C(F)Cl. The molecule has 168 valence electrons. The second-order valence-electron chi connectivity index (χ2n) is 6.38. The van der Waals surface area contributed by atoms with E-state index >= 15 is 0 Å². The predicted octanol–water partition coefficient (Wildman–Crippen LogP) is 3.91. The average molecular weight is 462 g/mol. The van der Waals surface area contributed by atoms with E-state index in [2.05, 4.69) is 16.5 Å². The van der Waals surface area contributed by atoms with Crippen LogP contribution in [-0.4, -0.2) is 41.8 Å². The summed E-state index contributed by atoms with van der Waals surface area (Å²) in [7, 11) is 0. The Kier molecular flexibility index (Phi) is 9.56. The molecule has 1 unspecified atom stereocenters. The van der Waals surface area contributed by atoms with Gasteiger partial charge in [-0.1, -0.05) is 90.1 Å². The van der Waals surface area contributed by atoms with Crippen LogP contribution in [0.2, 0.25) is 0 Å². The van der Waals surface area contributed by atoms with Crippen LogP contribution in [0.1, 0.15) is 24.2 Å². The largest absolute Gasteiger partial charge is 0.457 e. The van der Waals surface area contributed by atoms with Gasteiger partial charge in [-0.15, -0.1) is 0 Å². The fraction of sp³-hybridized carbons (Fsp3) is 0.217. The van der Waals surface area contributed by atoms with Crippen molar-refractivity contribution in [2.75, 3.05) is 6.61 Å². The lowest BCUT2D eigenvalue weighted by Crippen LogP contribution is -2.32. The maximum atomic E-state index is 13.2. The molecule has 2 atom stereocenters. The molecular formula is C23H21ClFNO6. The first-order valence-corrected chi connectivity index (χ1v) is 9.93. The highest BCUT2D eigenvalue weighted by atomic mass is 35.5. The lowest BCUT2D eigenvalue weighted by molar-refractivity contribution is -0.160. The molecule has 0 heterocycles. The maximum absolute atomic E-state index is 13.2. The summed E-state index contributed by atoms with van der Waals surface area (Å²) >= 11 is 5.11. The molecule has 0 N–H and O–H groups in total. The summed E-state index contributed by atoms with van der Waals surface area (Å²) in [6, 6.07) is 18.0. The lowest BCUT2D eigenvalue weighted by atomic mass is 10.0. The van der Waals surface area contributed by atoms with Gasteiger partial charge in [0, 0.05) is 0 Å². The van der Waals surface area contributed by atoms with Crippen molar-refractivity contribution in [3.05, 3.63) is 84.4 Å². The van der Waals surface area contributed by atoms with E-state index in [1.54, 1.807) is 48.5 Å². The van der Waals surface area contributed by atoms with Crippen LogP contribution in [0.5, 0.6) is 0 Å². The van der Waals surface area contributed by atoms with Crippen molar-refractivity contribution in [2.24, 2.45) is 5.16 Å². The van der Waals surface area contributed by atoms with Gasteiger partial charge in [0.1, 0.15) is 6.61 Å². The summed E-state index contributed by atoms with van der Waals surface area (Å²) < 4.78 is 23.5. The van der Waals surface area contributed by atoms with Gasteiger partial charge in [0.2, 0.25) is 23.2 Å². The third-order valence-electron chi connectivity index (χ3n) is 4.03. The number of rotatable bonds is 11. The van der Waals surface area contributed by atoms with Gasteiger partial charge in [0.15, 0.2) is 6.10 Å². The highest BCUT2D eigenvalue weighted by molar-refractivity contribution is 6.68. The molecule has 32 heavy (non-hydrogen) atoms. The van der Waals surface area contributed by atoms with Gasteiger partial charge in [-0.25, -0.2) is 14.0 Å². The van der Waals surface area contributed by atoms with Crippen LogP contribution in [0, 0.1) is 0 Å². The van der Waals surface area contributed by atoms with Crippen LogP contribution < -0.4 is 0 Å². The van der Waals surface area contributed by atoms with Gasteiger partial charge in [0.05, 0.1) is 0 Å². The molecule has 0 bridgehead atoms. The minimum Gasteiger partial charge on any atom is -0.457 e. The molecule has 0 saturated carbocycles. The van der Waals surface area contributed by atoms with E-state index in [4.69, 9.17) is 21.2 Å². The van der Waals surface area contributed by atoms with Crippen molar-refractivity contribution >= 4 is 35.0 Å². The van der Waals surface area contributed by atoms with Crippen molar-refractivity contribution in [1.29, 1.82) is 0 Å². The Morgan fingerprint density at radius 1 is 1.06 bits per heavy atom. The van der Waals surface area contributed by atoms with Crippen molar-refractivity contribution in [1.82, 2.24) is 0 Å². The van der Waals surface area contributed by atoms with Crippen LogP contribution in [0.15, 0.2) is 78.5 Å². The number of Topliss-reactive ketones (excluding diaryl/α,β-unsaturated/α-hetero) is 1. The lowest BCUT2D eigenvalue weighted by Gasteiger charge is -2.20. The molecule has 0 fully saturated rings. The minimum atomic E-state index is -2.54. The van der Waals surface area contributed by atoms with E-state index in [0.29, 0.717) is 11.1 Å². The number of hydrogen-bond acceptors (Lipinski definition) is 7. The number of nitrogens with zero attached hydrogens (tertiary/aromatic N) is 1. The topological polar surface area (TPSA) is 91.3 Å². The van der Waals surface area contributed by atoms with Crippen molar-refractivity contribution in [3.63, 3.8) is 0 Å². The van der Waals surface area contributed by atoms with Gasteiger partial charge >= 0.3 is 11.9 Å². The van der Waals surface area contributed by atoms with E-state index < -0.39 is 41.3 Å². The van der Waals surface area contributed by atoms with Crippen LogP contribution >= 0.6 is 11.6 Å². The molecule has 0 aliphatic heterocycles. The van der Waals surface area contributed by atoms with Crippen LogP contribution in [0.25, 0.3) is 0 Å². The fourth-order valence-corrected chi connectivity index (χ4v) is 2.56. The van der Waals surface area contributed by atoms with E-state index in [1.165, 1.54) is 13.0 Å². The minimum absolute atomic E-state index is 0.252. The van der Waals surface area contributed by atoms with Crippen LogP contribution in [-0.2, 0) is 28.7 Å². The number of carbonyl (C=O) groups excluding carboxylic acids is 3. The monoisotopic (exact) mass is 461 g/mol. The van der Waals surface area contributed by atoms with E-state index in [-0.39, 0.29) is 6.61 Å². The maximum Gasteiger partial charge on any atom is 0.364 e. The first-order chi connectivity index (χ1) is 15.3. The molecule has 2 rings (SSSR count). The second-order valence-corrected chi connectivity index (χ2v) is 6.76. The molecule has 0 saturated heterocycles. The molecule has 0 aliphatic carbocycles. The number of alkyl halides is 2. The zero-order valence-corrected chi connectivity index (χ0v) is 17.9. The Labute approximate surface area is 189 Å². The average Bonchev–Trinajstić information content (AvgIpc) is 2.81. The standard InChI is InChI=1S/C23H21ClFNO6/c1-3-14-30-23(29)18(19(27)21(24)25)26-32-15(2)22(28)31-20(16-10-6-4-7-11-16)17-12-8-5-9-13-17/h3-13,15,20-21H,1,14H2,2H3/b26-18-/t15-,21?/m0/s1. The molecule has 2 aromatic carbocycles. The summed E-state index contributed by atoms with van der Waals surface area (Å²) in [6.07, 6.45) is -0.841. The first kappa shape index (κ1) is 24.7. The molecule has 0 aliphatic rings. The molecule has 0 amide bonds. The Balaban J connectivity index is 2.18. The van der Waals surface area contributed by atoms with Gasteiger partial charge in [-0.3, -0.25) is 4.79 Å². The summed E-state index contributed by atoms with van der Waals surface area (Å²) in [6.45, 7) is 4.40. The highest BCUT2D eigenvalue weighted by Gasteiger charge is 2.30. The molecular weight excluding hydrogens is 441 g/mol. The van der Waals surface area contributed by atoms with Crippen LogP contribution in [0.3, 0.4) is 0 Å². The van der Waals surface area contributed by atoms with E-state index in [9.17, 15) is 18.8 Å². The number of carbonyl (C=O) groups is 3. The number of benzene rings is 2.